The van der Waals surface area contributed by atoms with Crippen LogP contribution in [0.25, 0.3) is 0 Å². The van der Waals surface area contributed by atoms with Gasteiger partial charge in [0.05, 0.1) is 6.42 Å². The minimum absolute atomic E-state index is 0.0620. The Hall–Kier alpha value is -2.74. The first-order valence-electron chi connectivity index (χ1n) is 8.96. The molecule has 1 fully saturated rings. The number of carbonyl (C=O) groups excluding carboxylic acids is 1. The molecule has 2 aromatic carbocycles. The summed E-state index contributed by atoms with van der Waals surface area (Å²) in [4.78, 5) is 16.8. The predicted molar refractivity (Wildman–Crippen MR) is 102 cm³/mol. The summed E-state index contributed by atoms with van der Waals surface area (Å²) in [5.74, 6) is -0.548. The molecule has 5 nitrogen and oxygen atoms in total. The quantitative estimate of drug-likeness (QED) is 0.844. The second-order valence-corrected chi connectivity index (χ2v) is 6.75. The molecule has 0 unspecified atom stereocenters. The number of nitrogens with one attached hydrogen (secondary N) is 1. The van der Waals surface area contributed by atoms with E-state index in [2.05, 4.69) is 26.9 Å². The Balaban J connectivity index is 1.52. The van der Waals surface area contributed by atoms with E-state index >= 15 is 0 Å². The number of amides is 1. The van der Waals surface area contributed by atoms with Crippen LogP contribution in [0.2, 0.25) is 0 Å². The maximum Gasteiger partial charge on any atom is 0.573 e. The monoisotopic (exact) mass is 393 g/mol. The van der Waals surface area contributed by atoms with E-state index in [0.29, 0.717) is 11.3 Å². The third-order valence-corrected chi connectivity index (χ3v) is 4.54. The molecule has 1 aliphatic rings. The number of anilines is 2. The van der Waals surface area contributed by atoms with E-state index in [1.165, 1.54) is 24.3 Å². The Bertz CT molecular complexity index is 784. The van der Waals surface area contributed by atoms with Crippen molar-refractivity contribution in [2.45, 2.75) is 12.8 Å². The average Bonchev–Trinajstić information content (AvgIpc) is 2.63. The van der Waals surface area contributed by atoms with Crippen LogP contribution >= 0.6 is 0 Å². The van der Waals surface area contributed by atoms with Crippen molar-refractivity contribution in [2.24, 2.45) is 0 Å². The molecule has 1 heterocycles. The standard InChI is InChI=1S/C20H22F3N3O2/c1-25-10-12-26(13-11-25)17-6-4-16(5-7-17)24-19(27)14-15-2-8-18(9-3-15)28-20(21,22)23/h2-9H,10-14H2,1H3,(H,24,27). The van der Waals surface area contributed by atoms with E-state index in [0.717, 1.165) is 31.9 Å². The van der Waals surface area contributed by atoms with Crippen molar-refractivity contribution in [1.29, 1.82) is 0 Å². The van der Waals surface area contributed by atoms with Crippen LogP contribution in [-0.2, 0) is 11.2 Å². The predicted octanol–water partition coefficient (Wildman–Crippen LogP) is 3.52. The number of nitrogens with zero attached hydrogens (tertiary/aromatic N) is 2. The fourth-order valence-corrected chi connectivity index (χ4v) is 3.02. The average molecular weight is 393 g/mol. The Kier molecular flexibility index (Phi) is 6.08. The van der Waals surface area contributed by atoms with E-state index < -0.39 is 6.36 Å². The molecule has 1 N–H and O–H groups in total. The number of alkyl halides is 3. The van der Waals surface area contributed by atoms with Gasteiger partial charge in [-0.15, -0.1) is 13.2 Å². The van der Waals surface area contributed by atoms with Crippen molar-refractivity contribution in [3.63, 3.8) is 0 Å². The SMILES string of the molecule is CN1CCN(c2ccc(NC(=O)Cc3ccc(OC(F)(F)F)cc3)cc2)CC1. The lowest BCUT2D eigenvalue weighted by Gasteiger charge is -2.34. The van der Waals surface area contributed by atoms with E-state index in [1.807, 2.05) is 24.3 Å². The van der Waals surface area contributed by atoms with Crippen LogP contribution in [0.1, 0.15) is 5.56 Å². The Morgan fingerprint density at radius 1 is 1.00 bits per heavy atom. The lowest BCUT2D eigenvalue weighted by atomic mass is 10.1. The fraction of sp³-hybridized carbons (Fsp3) is 0.350. The van der Waals surface area contributed by atoms with E-state index in [-0.39, 0.29) is 18.1 Å². The summed E-state index contributed by atoms with van der Waals surface area (Å²) >= 11 is 0. The highest BCUT2D eigenvalue weighted by molar-refractivity contribution is 5.92. The highest BCUT2D eigenvalue weighted by Crippen LogP contribution is 2.23. The number of halogens is 3. The number of rotatable bonds is 5. The van der Waals surface area contributed by atoms with E-state index in [9.17, 15) is 18.0 Å². The van der Waals surface area contributed by atoms with Crippen LogP contribution in [0.5, 0.6) is 5.75 Å². The fourth-order valence-electron chi connectivity index (χ4n) is 3.02. The maximum absolute atomic E-state index is 12.2. The third kappa shape index (κ3) is 5.88. The topological polar surface area (TPSA) is 44.8 Å². The van der Waals surface area contributed by atoms with Crippen molar-refractivity contribution >= 4 is 17.3 Å². The molecular weight excluding hydrogens is 371 g/mol. The molecular formula is C20H22F3N3O2. The van der Waals surface area contributed by atoms with Gasteiger partial charge in [-0.3, -0.25) is 4.79 Å². The Labute approximate surface area is 161 Å². The van der Waals surface area contributed by atoms with Crippen molar-refractivity contribution in [1.82, 2.24) is 4.90 Å². The van der Waals surface area contributed by atoms with Crippen LogP contribution in [0, 0.1) is 0 Å². The summed E-state index contributed by atoms with van der Waals surface area (Å²) in [7, 11) is 2.10. The number of likely N-dealkylation sites (N-methyl/N-ethyl adjacent to an activating group) is 1. The molecule has 0 aliphatic carbocycles. The van der Waals surface area contributed by atoms with Crippen LogP contribution in [0.4, 0.5) is 24.5 Å². The number of ether oxygens (including phenoxy) is 1. The summed E-state index contributed by atoms with van der Waals surface area (Å²) in [5, 5.41) is 2.80. The molecule has 8 heteroatoms. The molecule has 150 valence electrons. The van der Waals surface area contributed by atoms with Crippen LogP contribution in [0.15, 0.2) is 48.5 Å². The van der Waals surface area contributed by atoms with Gasteiger partial charge in [0.1, 0.15) is 5.75 Å². The van der Waals surface area contributed by atoms with Gasteiger partial charge in [0.25, 0.3) is 0 Å². The maximum atomic E-state index is 12.2. The zero-order valence-electron chi connectivity index (χ0n) is 15.5. The summed E-state index contributed by atoms with van der Waals surface area (Å²) in [6.07, 6.45) is -4.66. The molecule has 2 aromatic rings. The number of carbonyl (C=O) groups is 1. The lowest BCUT2D eigenvalue weighted by Crippen LogP contribution is -2.44. The zero-order valence-corrected chi connectivity index (χ0v) is 15.5. The molecule has 1 amide bonds. The molecule has 1 aliphatic heterocycles. The van der Waals surface area contributed by atoms with Gasteiger partial charge in [-0.2, -0.15) is 0 Å². The third-order valence-electron chi connectivity index (χ3n) is 4.54. The first-order chi connectivity index (χ1) is 13.3. The largest absolute Gasteiger partial charge is 0.573 e. The van der Waals surface area contributed by atoms with Gasteiger partial charge in [-0.05, 0) is 49.0 Å². The van der Waals surface area contributed by atoms with Crippen molar-refractivity contribution in [2.75, 3.05) is 43.4 Å². The van der Waals surface area contributed by atoms with Crippen LogP contribution in [-0.4, -0.2) is 50.4 Å². The molecule has 28 heavy (non-hydrogen) atoms. The summed E-state index contributed by atoms with van der Waals surface area (Å²) in [6.45, 7) is 3.98. The normalized spacial score (nSPS) is 15.4. The van der Waals surface area contributed by atoms with Crippen molar-refractivity contribution < 1.29 is 22.7 Å². The van der Waals surface area contributed by atoms with Crippen LogP contribution in [0.3, 0.4) is 0 Å². The first kappa shape index (κ1) is 20.0. The van der Waals surface area contributed by atoms with Gasteiger partial charge in [-0.1, -0.05) is 12.1 Å². The Morgan fingerprint density at radius 2 is 1.61 bits per heavy atom. The summed E-state index contributed by atoms with van der Waals surface area (Å²) in [6, 6.07) is 12.9. The van der Waals surface area contributed by atoms with E-state index in [4.69, 9.17) is 0 Å². The summed E-state index contributed by atoms with van der Waals surface area (Å²) < 4.78 is 40.3. The smallest absolute Gasteiger partial charge is 0.406 e. The van der Waals surface area contributed by atoms with Gasteiger partial charge < -0.3 is 19.9 Å². The lowest BCUT2D eigenvalue weighted by molar-refractivity contribution is -0.274. The highest BCUT2D eigenvalue weighted by Gasteiger charge is 2.30. The van der Waals surface area contributed by atoms with Crippen molar-refractivity contribution in [3.8, 4) is 5.75 Å². The van der Waals surface area contributed by atoms with Crippen LogP contribution < -0.4 is 15.0 Å². The molecule has 0 aromatic heterocycles. The highest BCUT2D eigenvalue weighted by atomic mass is 19.4. The molecule has 0 atom stereocenters. The number of hydrogen-bond donors (Lipinski definition) is 1. The molecule has 0 spiro atoms. The molecule has 1 saturated heterocycles. The minimum Gasteiger partial charge on any atom is -0.406 e. The number of hydrogen-bond acceptors (Lipinski definition) is 4. The van der Waals surface area contributed by atoms with Gasteiger partial charge >= 0.3 is 6.36 Å². The molecule has 0 radical (unpaired) electrons. The van der Waals surface area contributed by atoms with Gasteiger partial charge in [0, 0.05) is 37.6 Å². The second-order valence-electron chi connectivity index (χ2n) is 6.75. The first-order valence-corrected chi connectivity index (χ1v) is 8.96. The Morgan fingerprint density at radius 3 is 2.18 bits per heavy atom. The van der Waals surface area contributed by atoms with E-state index in [1.54, 1.807) is 0 Å². The molecule has 3 rings (SSSR count). The minimum atomic E-state index is -4.73. The van der Waals surface area contributed by atoms with Crippen molar-refractivity contribution in [3.05, 3.63) is 54.1 Å². The van der Waals surface area contributed by atoms with Gasteiger partial charge in [-0.25, -0.2) is 0 Å². The zero-order chi connectivity index (χ0) is 20.1. The second kappa shape index (κ2) is 8.52. The number of benzene rings is 2. The molecule has 0 saturated carbocycles. The molecule has 0 bridgehead atoms. The van der Waals surface area contributed by atoms with Gasteiger partial charge in [0.15, 0.2) is 0 Å². The summed E-state index contributed by atoms with van der Waals surface area (Å²) in [5.41, 5.74) is 2.40. The van der Waals surface area contributed by atoms with Gasteiger partial charge in [0.2, 0.25) is 5.91 Å². The number of piperazine rings is 1.